The minimum atomic E-state index is -5.08. The van der Waals surface area contributed by atoms with Gasteiger partial charge in [-0.05, 0) is 17.7 Å². The van der Waals surface area contributed by atoms with Gasteiger partial charge in [-0.15, -0.1) is 0 Å². The number of amides is 1. The standard InChI is InChI=1S/C18H22N4O2.C2HF3O2/c1-20-11-15(7-19-20)22-10-14-9-21(12-17(14)18(22)23)8-13-3-5-16(24-2)6-4-13;3-2(4,5)1(6)7/h3-7,11,14,17H,8-10,12H2,1-2H3;(H,6,7)/t14-,17-;/m0./s1. The van der Waals surface area contributed by atoms with Gasteiger partial charge in [0.25, 0.3) is 0 Å². The summed E-state index contributed by atoms with van der Waals surface area (Å²) in [5.74, 6) is -1.11. The van der Waals surface area contributed by atoms with Gasteiger partial charge in [-0.1, -0.05) is 12.1 Å². The third-order valence-corrected chi connectivity index (χ3v) is 5.33. The minimum Gasteiger partial charge on any atom is -0.497 e. The first-order valence-electron chi connectivity index (χ1n) is 9.54. The number of aliphatic carboxylic acids is 1. The number of benzene rings is 1. The molecule has 2 aromatic rings. The zero-order valence-corrected chi connectivity index (χ0v) is 17.0. The van der Waals surface area contributed by atoms with Crippen molar-refractivity contribution in [2.75, 3.05) is 31.6 Å². The van der Waals surface area contributed by atoms with Crippen molar-refractivity contribution in [3.63, 3.8) is 0 Å². The molecule has 0 bridgehead atoms. The lowest BCUT2D eigenvalue weighted by molar-refractivity contribution is -0.192. The zero-order chi connectivity index (χ0) is 22.8. The van der Waals surface area contributed by atoms with Crippen molar-refractivity contribution in [1.29, 1.82) is 0 Å². The lowest BCUT2D eigenvalue weighted by Gasteiger charge is -2.20. The SMILES string of the molecule is COc1ccc(CN2C[C@H]3CN(c4cnn(C)c4)C(=O)[C@H]3C2)cc1.O=C(O)C(F)(F)F. The summed E-state index contributed by atoms with van der Waals surface area (Å²) >= 11 is 0. The topological polar surface area (TPSA) is 87.9 Å². The molecule has 2 fully saturated rings. The number of ether oxygens (including phenoxy) is 1. The summed E-state index contributed by atoms with van der Waals surface area (Å²) < 4.78 is 38.7. The second-order valence-electron chi connectivity index (χ2n) is 7.53. The second-order valence-corrected chi connectivity index (χ2v) is 7.53. The Kier molecular flexibility index (Phi) is 6.54. The number of alkyl halides is 3. The molecule has 2 aliphatic rings. The summed E-state index contributed by atoms with van der Waals surface area (Å²) in [5.41, 5.74) is 2.17. The van der Waals surface area contributed by atoms with Crippen LogP contribution in [-0.2, 0) is 23.2 Å². The number of aromatic nitrogens is 2. The number of likely N-dealkylation sites (tertiary alicyclic amines) is 1. The molecule has 168 valence electrons. The number of aryl methyl sites for hydroxylation is 1. The van der Waals surface area contributed by atoms with Gasteiger partial charge in [-0.2, -0.15) is 18.3 Å². The van der Waals surface area contributed by atoms with E-state index in [2.05, 4.69) is 22.1 Å². The fourth-order valence-electron chi connectivity index (χ4n) is 3.85. The maximum absolute atomic E-state index is 12.7. The molecule has 1 aromatic heterocycles. The Morgan fingerprint density at radius 1 is 1.23 bits per heavy atom. The number of fused-ring (bicyclic) bond motifs is 1. The number of carboxylic acids is 1. The quantitative estimate of drug-likeness (QED) is 0.784. The maximum Gasteiger partial charge on any atom is 0.490 e. The van der Waals surface area contributed by atoms with E-state index in [1.54, 1.807) is 18.0 Å². The van der Waals surface area contributed by atoms with E-state index >= 15 is 0 Å². The number of rotatable bonds is 4. The fourth-order valence-corrected chi connectivity index (χ4v) is 3.85. The molecule has 1 N–H and O–H groups in total. The normalized spacial score (nSPS) is 20.9. The summed E-state index contributed by atoms with van der Waals surface area (Å²) in [6.07, 6.45) is -1.40. The molecule has 31 heavy (non-hydrogen) atoms. The van der Waals surface area contributed by atoms with Gasteiger partial charge in [-0.3, -0.25) is 14.4 Å². The molecular formula is C20H23F3N4O4. The Morgan fingerprint density at radius 2 is 1.87 bits per heavy atom. The predicted molar refractivity (Wildman–Crippen MR) is 105 cm³/mol. The van der Waals surface area contributed by atoms with Crippen molar-refractivity contribution >= 4 is 17.6 Å². The summed E-state index contributed by atoms with van der Waals surface area (Å²) in [4.78, 5) is 25.9. The van der Waals surface area contributed by atoms with Crippen LogP contribution >= 0.6 is 0 Å². The molecule has 0 spiro atoms. The van der Waals surface area contributed by atoms with Crippen LogP contribution in [0.5, 0.6) is 5.75 Å². The van der Waals surface area contributed by atoms with Crippen LogP contribution < -0.4 is 9.64 Å². The van der Waals surface area contributed by atoms with Gasteiger partial charge >= 0.3 is 12.1 Å². The predicted octanol–water partition coefficient (Wildman–Crippen LogP) is 2.16. The van der Waals surface area contributed by atoms with Crippen LogP contribution in [0.3, 0.4) is 0 Å². The van der Waals surface area contributed by atoms with Crippen LogP contribution in [0.4, 0.5) is 18.9 Å². The molecule has 2 aliphatic heterocycles. The van der Waals surface area contributed by atoms with Crippen molar-refractivity contribution < 1.29 is 32.6 Å². The summed E-state index contributed by atoms with van der Waals surface area (Å²) in [6.45, 7) is 3.50. The highest BCUT2D eigenvalue weighted by Crippen LogP contribution is 2.35. The van der Waals surface area contributed by atoms with Gasteiger partial charge < -0.3 is 14.7 Å². The number of methoxy groups -OCH3 is 1. The van der Waals surface area contributed by atoms with Crippen LogP contribution in [0, 0.1) is 11.8 Å². The van der Waals surface area contributed by atoms with Crippen molar-refractivity contribution in [1.82, 2.24) is 14.7 Å². The van der Waals surface area contributed by atoms with Gasteiger partial charge in [0.15, 0.2) is 0 Å². The number of halogens is 3. The van der Waals surface area contributed by atoms with Gasteiger partial charge in [0.2, 0.25) is 5.91 Å². The monoisotopic (exact) mass is 440 g/mol. The van der Waals surface area contributed by atoms with Gasteiger partial charge in [0.1, 0.15) is 5.75 Å². The van der Waals surface area contributed by atoms with Crippen molar-refractivity contribution in [3.8, 4) is 5.75 Å². The summed E-state index contributed by atoms with van der Waals surface area (Å²) in [7, 11) is 3.55. The number of carboxylic acid groups (broad SMARTS) is 1. The molecule has 1 amide bonds. The first-order valence-corrected chi connectivity index (χ1v) is 9.54. The smallest absolute Gasteiger partial charge is 0.490 e. The van der Waals surface area contributed by atoms with Crippen LogP contribution in [-0.4, -0.2) is 64.6 Å². The first kappa shape index (κ1) is 22.6. The summed E-state index contributed by atoms with van der Waals surface area (Å²) in [5, 5.41) is 11.3. The Labute approximate surface area is 176 Å². The zero-order valence-electron chi connectivity index (χ0n) is 17.0. The van der Waals surface area contributed by atoms with Crippen LogP contribution in [0.15, 0.2) is 36.7 Å². The Morgan fingerprint density at radius 3 is 2.35 bits per heavy atom. The molecule has 2 atom stereocenters. The molecule has 2 saturated heterocycles. The van der Waals surface area contributed by atoms with E-state index in [9.17, 15) is 18.0 Å². The maximum atomic E-state index is 12.7. The van der Waals surface area contributed by atoms with Crippen molar-refractivity contribution in [3.05, 3.63) is 42.2 Å². The Hall–Kier alpha value is -3.08. The second kappa shape index (κ2) is 8.96. The molecule has 1 aromatic carbocycles. The highest BCUT2D eigenvalue weighted by molar-refractivity contribution is 5.97. The van der Waals surface area contributed by atoms with Crippen LogP contribution in [0.2, 0.25) is 0 Å². The van der Waals surface area contributed by atoms with E-state index in [0.717, 1.165) is 37.6 Å². The number of hydrogen-bond acceptors (Lipinski definition) is 5. The molecule has 0 radical (unpaired) electrons. The first-order chi connectivity index (χ1) is 14.6. The Balaban J connectivity index is 0.000000339. The number of carbonyl (C=O) groups excluding carboxylic acids is 1. The molecule has 4 rings (SSSR count). The van der Waals surface area contributed by atoms with Crippen LogP contribution in [0.25, 0.3) is 0 Å². The van der Waals surface area contributed by atoms with Crippen molar-refractivity contribution in [2.24, 2.45) is 18.9 Å². The van der Waals surface area contributed by atoms with E-state index in [4.69, 9.17) is 14.6 Å². The molecule has 0 aliphatic carbocycles. The number of nitrogens with zero attached hydrogens (tertiary/aromatic N) is 4. The average molecular weight is 440 g/mol. The molecule has 3 heterocycles. The fraction of sp³-hybridized carbons (Fsp3) is 0.450. The molecule has 0 unspecified atom stereocenters. The number of anilines is 1. The Bertz CT molecular complexity index is 929. The average Bonchev–Trinajstić information content (AvgIpc) is 3.38. The third kappa shape index (κ3) is 5.35. The molecular weight excluding hydrogens is 417 g/mol. The summed E-state index contributed by atoms with van der Waals surface area (Å²) in [6, 6.07) is 8.16. The minimum absolute atomic E-state index is 0.114. The highest BCUT2D eigenvalue weighted by Gasteiger charge is 2.46. The number of hydrogen-bond donors (Lipinski definition) is 1. The molecule has 11 heteroatoms. The highest BCUT2D eigenvalue weighted by atomic mass is 19.4. The van der Waals surface area contributed by atoms with E-state index in [0.29, 0.717) is 5.92 Å². The van der Waals surface area contributed by atoms with Crippen LogP contribution in [0.1, 0.15) is 5.56 Å². The lowest BCUT2D eigenvalue weighted by atomic mass is 10.0. The van der Waals surface area contributed by atoms with E-state index in [1.165, 1.54) is 5.56 Å². The molecule has 8 nitrogen and oxygen atoms in total. The van der Waals surface area contributed by atoms with E-state index < -0.39 is 12.1 Å². The van der Waals surface area contributed by atoms with E-state index in [1.807, 2.05) is 30.3 Å². The van der Waals surface area contributed by atoms with Gasteiger partial charge in [-0.25, -0.2) is 4.79 Å². The largest absolute Gasteiger partial charge is 0.497 e. The van der Waals surface area contributed by atoms with Gasteiger partial charge in [0.05, 0.1) is 24.9 Å². The number of carbonyl (C=O) groups is 2. The van der Waals surface area contributed by atoms with E-state index in [-0.39, 0.29) is 11.8 Å². The lowest BCUT2D eigenvalue weighted by Crippen LogP contribution is -2.32. The van der Waals surface area contributed by atoms with Gasteiger partial charge in [0, 0.05) is 45.3 Å². The van der Waals surface area contributed by atoms with Crippen molar-refractivity contribution in [2.45, 2.75) is 12.7 Å². The third-order valence-electron chi connectivity index (χ3n) is 5.33. The molecule has 0 saturated carbocycles.